The Bertz CT molecular complexity index is 1380. The van der Waals surface area contributed by atoms with Crippen molar-refractivity contribution in [1.82, 2.24) is 25.3 Å². The van der Waals surface area contributed by atoms with Gasteiger partial charge in [0.05, 0.1) is 35.4 Å². The van der Waals surface area contributed by atoms with Crippen LogP contribution in [0.15, 0.2) is 60.0 Å². The van der Waals surface area contributed by atoms with Crippen molar-refractivity contribution in [3.05, 3.63) is 72.4 Å². The fourth-order valence-corrected chi connectivity index (χ4v) is 6.00. The zero-order valence-corrected chi connectivity index (χ0v) is 21.2. The van der Waals surface area contributed by atoms with E-state index in [1.54, 1.807) is 0 Å². The second kappa shape index (κ2) is 9.34. The maximum atomic E-state index is 6.65. The number of anilines is 1. The predicted molar refractivity (Wildman–Crippen MR) is 145 cm³/mol. The van der Waals surface area contributed by atoms with Gasteiger partial charge in [0.25, 0.3) is 0 Å². The van der Waals surface area contributed by atoms with Crippen LogP contribution in [0.1, 0.15) is 56.0 Å². The van der Waals surface area contributed by atoms with Gasteiger partial charge in [-0.3, -0.25) is 4.99 Å². The molecule has 0 radical (unpaired) electrons. The minimum atomic E-state index is -0.0446. The van der Waals surface area contributed by atoms with Crippen molar-refractivity contribution in [1.29, 1.82) is 0 Å². The molecule has 4 aliphatic rings. The number of benzene rings is 1. The van der Waals surface area contributed by atoms with Gasteiger partial charge in [-0.05, 0) is 50.4 Å². The normalized spacial score (nSPS) is 26.5. The first-order valence-electron chi connectivity index (χ1n) is 13.5. The molecule has 3 N–H and O–H groups in total. The average Bonchev–Trinajstić information content (AvgIpc) is 3.73. The van der Waals surface area contributed by atoms with Crippen LogP contribution in [-0.2, 0) is 6.42 Å². The van der Waals surface area contributed by atoms with E-state index in [1.807, 2.05) is 12.4 Å². The van der Waals surface area contributed by atoms with Gasteiger partial charge in [-0.1, -0.05) is 25.1 Å². The first-order valence-corrected chi connectivity index (χ1v) is 13.5. The number of imidazole rings is 2. The van der Waals surface area contributed by atoms with Gasteiger partial charge in [0.1, 0.15) is 17.7 Å². The van der Waals surface area contributed by atoms with E-state index in [0.29, 0.717) is 12.0 Å². The summed E-state index contributed by atoms with van der Waals surface area (Å²) in [4.78, 5) is 23.1. The quantitative estimate of drug-likeness (QED) is 0.431. The van der Waals surface area contributed by atoms with Gasteiger partial charge in [0, 0.05) is 42.5 Å². The van der Waals surface area contributed by atoms with Gasteiger partial charge in [-0.15, -0.1) is 0 Å². The maximum Gasteiger partial charge on any atom is 0.151 e. The van der Waals surface area contributed by atoms with Crippen molar-refractivity contribution in [3.63, 3.8) is 0 Å². The summed E-state index contributed by atoms with van der Waals surface area (Å²) in [6.07, 6.45) is 18.0. The number of allylic oxidation sites excluding steroid dienone is 1. The average molecular weight is 496 g/mol. The third-order valence-corrected chi connectivity index (χ3v) is 7.98. The molecule has 0 bridgehead atoms. The summed E-state index contributed by atoms with van der Waals surface area (Å²) < 4.78 is 6.65. The van der Waals surface area contributed by atoms with Gasteiger partial charge < -0.3 is 24.9 Å². The Morgan fingerprint density at radius 3 is 3.00 bits per heavy atom. The van der Waals surface area contributed by atoms with E-state index in [1.165, 1.54) is 6.42 Å². The van der Waals surface area contributed by atoms with Crippen LogP contribution < -0.4 is 15.0 Å². The van der Waals surface area contributed by atoms with Crippen molar-refractivity contribution in [2.45, 2.75) is 57.2 Å². The molecule has 37 heavy (non-hydrogen) atoms. The first-order chi connectivity index (χ1) is 18.2. The fraction of sp³-hybridized carbons (Fsp3) is 0.414. The third kappa shape index (κ3) is 4.19. The van der Waals surface area contributed by atoms with E-state index in [9.17, 15) is 0 Å². The van der Waals surface area contributed by atoms with E-state index >= 15 is 0 Å². The zero-order chi connectivity index (χ0) is 24.8. The molecule has 0 amide bonds. The highest BCUT2D eigenvalue weighted by molar-refractivity contribution is 5.98. The van der Waals surface area contributed by atoms with Crippen LogP contribution in [0.2, 0.25) is 0 Å². The van der Waals surface area contributed by atoms with Crippen LogP contribution in [0.25, 0.3) is 11.3 Å². The van der Waals surface area contributed by atoms with Crippen LogP contribution in [0.5, 0.6) is 5.75 Å². The molecule has 0 spiro atoms. The highest BCUT2D eigenvalue weighted by atomic mass is 16.5. The molecule has 6 heterocycles. The number of fused-ring (bicyclic) bond motifs is 3. The largest absolute Gasteiger partial charge is 0.482 e. The smallest absolute Gasteiger partial charge is 0.151 e. The van der Waals surface area contributed by atoms with Crippen LogP contribution >= 0.6 is 0 Å². The Morgan fingerprint density at radius 1 is 1.16 bits per heavy atom. The number of nitrogens with one attached hydrogen (secondary N) is 3. The van der Waals surface area contributed by atoms with Crippen LogP contribution in [0.3, 0.4) is 0 Å². The highest BCUT2D eigenvalue weighted by Gasteiger charge is 2.39. The minimum absolute atomic E-state index is 0.0446. The number of H-pyrrole nitrogens is 2. The standard InChI is InChI=1S/C29H33N7O/c1-18-11-14-36-24-10-9-19(23-17-33-29(35-23)22-7-4-13-31-22)15-26(24)37-25(27(18)36)8-2-5-20-16-32-28(34-20)21-6-3-12-30-21/h2,8-11,14-18,21,25,27,30H,3-7,12-13H2,1H3,(H,32,34)(H,33,35). The number of aromatic amines is 2. The minimum Gasteiger partial charge on any atom is -0.482 e. The molecule has 4 unspecified atom stereocenters. The molecule has 0 saturated carbocycles. The Labute approximate surface area is 217 Å². The fourth-order valence-electron chi connectivity index (χ4n) is 6.00. The lowest BCUT2D eigenvalue weighted by atomic mass is 9.95. The van der Waals surface area contributed by atoms with Crippen LogP contribution in [0, 0.1) is 5.92 Å². The number of hydrogen-bond acceptors (Lipinski definition) is 6. The van der Waals surface area contributed by atoms with Gasteiger partial charge in [-0.2, -0.15) is 0 Å². The summed E-state index contributed by atoms with van der Waals surface area (Å²) >= 11 is 0. The molecule has 1 saturated heterocycles. The predicted octanol–water partition coefficient (Wildman–Crippen LogP) is 4.71. The second-order valence-corrected chi connectivity index (χ2v) is 10.5. The summed E-state index contributed by atoms with van der Waals surface area (Å²) in [5.41, 5.74) is 5.38. The van der Waals surface area contributed by atoms with Crippen molar-refractivity contribution in [2.75, 3.05) is 18.0 Å². The van der Waals surface area contributed by atoms with E-state index in [2.05, 4.69) is 84.7 Å². The Morgan fingerprint density at radius 2 is 2.14 bits per heavy atom. The van der Waals surface area contributed by atoms with Crippen LogP contribution in [-0.4, -0.2) is 50.9 Å². The summed E-state index contributed by atoms with van der Waals surface area (Å²) in [7, 11) is 0. The molecule has 8 heteroatoms. The summed E-state index contributed by atoms with van der Waals surface area (Å²) in [6, 6.07) is 7.05. The molecule has 7 rings (SSSR count). The topological polar surface area (TPSA) is 94.2 Å². The lowest BCUT2D eigenvalue weighted by Crippen LogP contribution is -2.46. The van der Waals surface area contributed by atoms with E-state index in [4.69, 9.17) is 4.74 Å². The monoisotopic (exact) mass is 495 g/mol. The number of hydrogen-bond donors (Lipinski definition) is 3. The molecular formula is C29H33N7O. The molecule has 4 aliphatic heterocycles. The molecular weight excluding hydrogens is 462 g/mol. The molecule has 1 aromatic carbocycles. The molecule has 190 valence electrons. The van der Waals surface area contributed by atoms with Gasteiger partial charge in [0.15, 0.2) is 5.82 Å². The van der Waals surface area contributed by atoms with Gasteiger partial charge in [0.2, 0.25) is 0 Å². The SMILES string of the molecule is CC1C=CN2c3ccc(-c4cnc(C5=NCCC5)[nH]4)cc3OC(C=CCc3cnc(C4CCCN4)[nH]3)C12. The highest BCUT2D eigenvalue weighted by Crippen LogP contribution is 2.43. The second-order valence-electron chi connectivity index (χ2n) is 10.5. The van der Waals surface area contributed by atoms with E-state index in [0.717, 1.165) is 84.5 Å². The molecule has 8 nitrogen and oxygen atoms in total. The summed E-state index contributed by atoms with van der Waals surface area (Å²) in [5, 5.41) is 3.51. The number of rotatable bonds is 6. The lowest BCUT2D eigenvalue weighted by Gasteiger charge is -2.39. The number of nitrogens with zero attached hydrogens (tertiary/aromatic N) is 4. The van der Waals surface area contributed by atoms with Crippen molar-refractivity contribution >= 4 is 11.4 Å². The maximum absolute atomic E-state index is 6.65. The zero-order valence-electron chi connectivity index (χ0n) is 21.2. The number of aliphatic imine (C=N–C) groups is 1. The van der Waals surface area contributed by atoms with E-state index < -0.39 is 0 Å². The molecule has 0 aliphatic carbocycles. The van der Waals surface area contributed by atoms with Crippen molar-refractivity contribution in [2.24, 2.45) is 10.9 Å². The van der Waals surface area contributed by atoms with Crippen molar-refractivity contribution in [3.8, 4) is 17.0 Å². The van der Waals surface area contributed by atoms with Gasteiger partial charge >= 0.3 is 0 Å². The Kier molecular flexibility index (Phi) is 5.69. The number of aromatic nitrogens is 4. The molecule has 2 aromatic heterocycles. The Hall–Kier alpha value is -3.65. The van der Waals surface area contributed by atoms with E-state index in [-0.39, 0.29) is 12.1 Å². The van der Waals surface area contributed by atoms with Gasteiger partial charge in [-0.25, -0.2) is 9.97 Å². The third-order valence-electron chi connectivity index (χ3n) is 7.98. The Balaban J connectivity index is 1.11. The molecule has 3 aromatic rings. The summed E-state index contributed by atoms with van der Waals surface area (Å²) in [5.74, 6) is 3.23. The number of ether oxygens (including phenoxy) is 1. The summed E-state index contributed by atoms with van der Waals surface area (Å²) in [6.45, 7) is 4.23. The van der Waals surface area contributed by atoms with Crippen LogP contribution in [0.4, 0.5) is 5.69 Å². The first kappa shape index (κ1) is 22.5. The molecule has 4 atom stereocenters. The molecule has 1 fully saturated rings. The van der Waals surface area contributed by atoms with Crippen molar-refractivity contribution < 1.29 is 4.74 Å². The lowest BCUT2D eigenvalue weighted by molar-refractivity contribution is 0.188.